The number of anilines is 1. The third kappa shape index (κ3) is 4.68. The molecule has 0 aliphatic heterocycles. The lowest BCUT2D eigenvalue weighted by molar-refractivity contribution is -0.120. The van der Waals surface area contributed by atoms with Crippen molar-refractivity contribution >= 4 is 28.6 Å². The second-order valence-corrected chi connectivity index (χ2v) is 5.33. The normalized spacial score (nSPS) is 11.0. The van der Waals surface area contributed by atoms with E-state index in [9.17, 15) is 4.79 Å². The lowest BCUT2D eigenvalue weighted by Crippen LogP contribution is -2.18. The van der Waals surface area contributed by atoms with Gasteiger partial charge in [0.05, 0.1) is 24.8 Å². The van der Waals surface area contributed by atoms with Crippen molar-refractivity contribution < 1.29 is 19.1 Å². The molecule has 0 fully saturated rings. The maximum Gasteiger partial charge on any atom is 0.265 e. The van der Waals surface area contributed by atoms with Crippen LogP contribution in [0.15, 0.2) is 34.8 Å². The van der Waals surface area contributed by atoms with Crippen LogP contribution in [0.4, 0.5) is 5.69 Å². The van der Waals surface area contributed by atoms with Crippen LogP contribution < -0.4 is 14.8 Å². The largest absolute Gasteiger partial charge is 0.481 e. The van der Waals surface area contributed by atoms with E-state index in [0.717, 1.165) is 10.6 Å². The topological polar surface area (TPSA) is 82.0 Å². The highest BCUT2D eigenvalue weighted by atomic mass is 32.1. The zero-order valence-corrected chi connectivity index (χ0v) is 13.8. The van der Waals surface area contributed by atoms with Crippen LogP contribution in [-0.4, -0.2) is 37.4 Å². The Morgan fingerprint density at radius 1 is 1.30 bits per heavy atom. The second kappa shape index (κ2) is 8.14. The molecule has 0 saturated carbocycles. The van der Waals surface area contributed by atoms with Crippen LogP contribution in [0.25, 0.3) is 0 Å². The third-order valence-corrected chi connectivity index (χ3v) is 3.76. The number of nitrogens with zero attached hydrogens (tertiary/aromatic N) is 2. The number of pyridine rings is 1. The smallest absolute Gasteiger partial charge is 0.265 e. The van der Waals surface area contributed by atoms with Gasteiger partial charge in [0.15, 0.2) is 6.61 Å². The van der Waals surface area contributed by atoms with Crippen molar-refractivity contribution in [2.75, 3.05) is 26.1 Å². The first-order valence-electron chi connectivity index (χ1n) is 6.73. The maximum atomic E-state index is 11.9. The van der Waals surface area contributed by atoms with Crippen molar-refractivity contribution in [2.24, 2.45) is 5.16 Å². The first kappa shape index (κ1) is 16.8. The van der Waals surface area contributed by atoms with Crippen LogP contribution >= 0.6 is 11.3 Å². The number of ether oxygens (including phenoxy) is 2. The average Bonchev–Trinajstić information content (AvgIpc) is 3.09. The lowest BCUT2D eigenvalue weighted by atomic mass is 10.3. The molecule has 1 amide bonds. The molecular weight excluding hydrogens is 318 g/mol. The van der Waals surface area contributed by atoms with Crippen molar-refractivity contribution in [1.29, 1.82) is 0 Å². The van der Waals surface area contributed by atoms with Gasteiger partial charge in [-0.2, -0.15) is 4.98 Å². The molecule has 0 radical (unpaired) electrons. The lowest BCUT2D eigenvalue weighted by Gasteiger charge is -2.10. The van der Waals surface area contributed by atoms with Crippen LogP contribution in [0.5, 0.6) is 11.8 Å². The zero-order chi connectivity index (χ0) is 16.7. The number of hydrogen-bond acceptors (Lipinski definition) is 7. The summed E-state index contributed by atoms with van der Waals surface area (Å²) >= 11 is 1.55. The quantitative estimate of drug-likeness (QED) is 0.621. The summed E-state index contributed by atoms with van der Waals surface area (Å²) in [4.78, 5) is 22.0. The molecule has 0 aliphatic rings. The van der Waals surface area contributed by atoms with E-state index in [2.05, 4.69) is 15.5 Å². The molecule has 2 aromatic heterocycles. The van der Waals surface area contributed by atoms with Crippen LogP contribution in [0.1, 0.15) is 11.8 Å². The number of oxime groups is 1. The van der Waals surface area contributed by atoms with Gasteiger partial charge in [0.1, 0.15) is 5.69 Å². The summed E-state index contributed by atoms with van der Waals surface area (Å²) in [6.07, 6.45) is 0. The highest BCUT2D eigenvalue weighted by molar-refractivity contribution is 7.12. The highest BCUT2D eigenvalue weighted by Gasteiger charge is 2.11. The molecule has 2 aromatic rings. The molecule has 2 heterocycles. The van der Waals surface area contributed by atoms with E-state index in [4.69, 9.17) is 14.3 Å². The van der Waals surface area contributed by atoms with Gasteiger partial charge in [0, 0.05) is 6.07 Å². The summed E-state index contributed by atoms with van der Waals surface area (Å²) in [5.74, 6) is 0.293. The summed E-state index contributed by atoms with van der Waals surface area (Å²) < 4.78 is 10.1. The molecule has 2 rings (SSSR count). The van der Waals surface area contributed by atoms with Crippen molar-refractivity contribution in [3.05, 3.63) is 34.5 Å². The Hall–Kier alpha value is -2.61. The fourth-order valence-electron chi connectivity index (χ4n) is 1.69. The number of amides is 1. The third-order valence-electron chi connectivity index (χ3n) is 2.79. The van der Waals surface area contributed by atoms with Gasteiger partial charge in [-0.1, -0.05) is 11.2 Å². The number of thiophene rings is 1. The fraction of sp³-hybridized carbons (Fsp3) is 0.267. The maximum absolute atomic E-state index is 11.9. The predicted octanol–water partition coefficient (Wildman–Crippen LogP) is 2.54. The Morgan fingerprint density at radius 2 is 2.13 bits per heavy atom. The molecule has 122 valence electrons. The van der Waals surface area contributed by atoms with Crippen molar-refractivity contribution in [1.82, 2.24) is 4.98 Å². The summed E-state index contributed by atoms with van der Waals surface area (Å²) in [5, 5.41) is 8.51. The van der Waals surface area contributed by atoms with Gasteiger partial charge in [0.25, 0.3) is 5.91 Å². The first-order chi connectivity index (χ1) is 11.1. The Labute approximate surface area is 137 Å². The Kier molecular flexibility index (Phi) is 5.93. The fourth-order valence-corrected chi connectivity index (χ4v) is 2.36. The molecule has 1 N–H and O–H groups in total. The monoisotopic (exact) mass is 335 g/mol. The zero-order valence-electron chi connectivity index (χ0n) is 13.0. The van der Waals surface area contributed by atoms with E-state index < -0.39 is 0 Å². The van der Waals surface area contributed by atoms with E-state index in [1.165, 1.54) is 14.2 Å². The minimum Gasteiger partial charge on any atom is -0.481 e. The minimum atomic E-state index is -0.363. The molecule has 7 nitrogen and oxygen atoms in total. The number of methoxy groups -OCH3 is 2. The molecule has 0 aliphatic carbocycles. The van der Waals surface area contributed by atoms with Gasteiger partial charge in [-0.25, -0.2) is 0 Å². The van der Waals surface area contributed by atoms with Gasteiger partial charge < -0.3 is 19.6 Å². The summed E-state index contributed by atoms with van der Waals surface area (Å²) in [6, 6.07) is 7.12. The Bertz CT molecular complexity index is 686. The second-order valence-electron chi connectivity index (χ2n) is 4.39. The summed E-state index contributed by atoms with van der Waals surface area (Å²) in [5.41, 5.74) is 1.15. The van der Waals surface area contributed by atoms with Crippen LogP contribution in [0, 0.1) is 0 Å². The minimum absolute atomic E-state index is 0.210. The molecule has 0 saturated heterocycles. The molecule has 0 unspecified atom stereocenters. The highest BCUT2D eigenvalue weighted by Crippen LogP contribution is 2.24. The van der Waals surface area contributed by atoms with E-state index >= 15 is 0 Å². The Balaban J connectivity index is 1.91. The van der Waals surface area contributed by atoms with Crippen molar-refractivity contribution in [2.45, 2.75) is 6.92 Å². The number of aromatic nitrogens is 1. The van der Waals surface area contributed by atoms with Gasteiger partial charge >= 0.3 is 0 Å². The Morgan fingerprint density at radius 3 is 2.78 bits per heavy atom. The number of carbonyl (C=O) groups is 1. The van der Waals surface area contributed by atoms with Crippen LogP contribution in [0.2, 0.25) is 0 Å². The standard InChI is InChI=1S/C15H17N3O4S/c1-10(12-5-4-8-23-12)18-22-9-13(19)16-11-6-7-14(20-2)17-15(11)21-3/h4-8H,9H2,1-3H3,(H,16,19)/b18-10-. The number of rotatable bonds is 7. The summed E-state index contributed by atoms with van der Waals surface area (Å²) in [7, 11) is 2.96. The number of carbonyl (C=O) groups excluding carboxylic acids is 1. The molecule has 8 heteroatoms. The van der Waals surface area contributed by atoms with E-state index in [1.54, 1.807) is 23.5 Å². The van der Waals surface area contributed by atoms with E-state index in [0.29, 0.717) is 11.6 Å². The number of hydrogen-bond donors (Lipinski definition) is 1. The van der Waals surface area contributed by atoms with E-state index in [-0.39, 0.29) is 18.4 Å². The number of nitrogens with one attached hydrogen (secondary N) is 1. The average molecular weight is 335 g/mol. The molecule has 0 bridgehead atoms. The van der Waals surface area contributed by atoms with Gasteiger partial charge in [0.2, 0.25) is 11.8 Å². The summed E-state index contributed by atoms with van der Waals surface area (Å²) in [6.45, 7) is 1.61. The van der Waals surface area contributed by atoms with Crippen molar-refractivity contribution in [3.8, 4) is 11.8 Å². The molecule has 0 aromatic carbocycles. The molecule has 0 spiro atoms. The van der Waals surface area contributed by atoms with Crippen molar-refractivity contribution in [3.63, 3.8) is 0 Å². The predicted molar refractivity (Wildman–Crippen MR) is 88.5 cm³/mol. The van der Waals surface area contributed by atoms with Gasteiger partial charge in [-0.05, 0) is 24.4 Å². The van der Waals surface area contributed by atoms with E-state index in [1.807, 2.05) is 24.4 Å². The van der Waals surface area contributed by atoms with Gasteiger partial charge in [-0.15, -0.1) is 11.3 Å². The molecular formula is C15H17N3O4S. The first-order valence-corrected chi connectivity index (χ1v) is 7.61. The van der Waals surface area contributed by atoms with Gasteiger partial charge in [-0.3, -0.25) is 4.79 Å². The SMILES string of the molecule is COc1ccc(NC(=O)CO/N=C(/C)c2cccs2)c(OC)n1. The van der Waals surface area contributed by atoms with Crippen LogP contribution in [-0.2, 0) is 9.63 Å². The molecule has 0 atom stereocenters. The molecule has 23 heavy (non-hydrogen) atoms. The van der Waals surface area contributed by atoms with Crippen LogP contribution in [0.3, 0.4) is 0 Å².